The van der Waals surface area contributed by atoms with Gasteiger partial charge in [-0.15, -0.1) is 0 Å². The van der Waals surface area contributed by atoms with Crippen molar-refractivity contribution in [3.63, 3.8) is 0 Å². The molecule has 0 bridgehead atoms. The summed E-state index contributed by atoms with van der Waals surface area (Å²) in [5.74, 6) is -2.61. The molecule has 4 heterocycles. The summed E-state index contributed by atoms with van der Waals surface area (Å²) in [5, 5.41) is 21.6. The quantitative estimate of drug-likeness (QED) is 0.253. The molecule has 2 saturated heterocycles. The summed E-state index contributed by atoms with van der Waals surface area (Å²) in [6.07, 6.45) is -5.07. The van der Waals surface area contributed by atoms with Crippen molar-refractivity contribution in [1.82, 2.24) is 23.9 Å². The molecule has 2 aliphatic rings. The molecule has 0 radical (unpaired) electrons. The smallest absolute Gasteiger partial charge is 0.407 e. The minimum absolute atomic E-state index is 0.00908. The Morgan fingerprint density at radius 3 is 2.43 bits per heavy atom. The minimum Gasteiger partial charge on any atom is -0.465 e. The van der Waals surface area contributed by atoms with Crippen molar-refractivity contribution < 1.29 is 37.7 Å². The van der Waals surface area contributed by atoms with Crippen LogP contribution in [0.4, 0.5) is 18.0 Å². The number of amides is 2. The second-order valence-corrected chi connectivity index (χ2v) is 13.1. The number of hydrogen-bond donors (Lipinski definition) is 2. The number of aliphatic hydroxyl groups is 1. The van der Waals surface area contributed by atoms with Crippen LogP contribution in [0.2, 0.25) is 10.2 Å². The van der Waals surface area contributed by atoms with Crippen LogP contribution < -0.4 is 5.56 Å². The molecule has 2 fully saturated rings. The van der Waals surface area contributed by atoms with Gasteiger partial charge in [0.05, 0.1) is 42.7 Å². The van der Waals surface area contributed by atoms with Crippen molar-refractivity contribution >= 4 is 46.2 Å². The Kier molecular flexibility index (Phi) is 9.68. The molecule has 2 aromatic heterocycles. The Bertz CT molecular complexity index is 1930. The van der Waals surface area contributed by atoms with Crippen LogP contribution in [0.3, 0.4) is 0 Å². The predicted molar refractivity (Wildman–Crippen MR) is 174 cm³/mol. The maximum absolute atomic E-state index is 13.8. The van der Waals surface area contributed by atoms with Crippen LogP contribution in [0.1, 0.15) is 42.3 Å². The number of morpholine rings is 1. The molecule has 0 unspecified atom stereocenters. The number of aromatic nitrogens is 3. The third kappa shape index (κ3) is 7.14. The molecule has 2 aromatic carbocycles. The molecule has 49 heavy (non-hydrogen) atoms. The molecule has 6 rings (SSSR count). The summed E-state index contributed by atoms with van der Waals surface area (Å²) in [6.45, 7) is 0.519. The molecule has 0 spiro atoms. The van der Waals surface area contributed by atoms with E-state index in [1.807, 2.05) is 0 Å². The van der Waals surface area contributed by atoms with Crippen LogP contribution in [0, 0.1) is 0 Å². The maximum Gasteiger partial charge on any atom is 0.407 e. The van der Waals surface area contributed by atoms with Gasteiger partial charge in [0, 0.05) is 36.8 Å². The first kappa shape index (κ1) is 34.7. The van der Waals surface area contributed by atoms with Crippen molar-refractivity contribution in [2.24, 2.45) is 0 Å². The van der Waals surface area contributed by atoms with Crippen LogP contribution in [-0.4, -0.2) is 90.8 Å². The van der Waals surface area contributed by atoms with E-state index in [-0.39, 0.29) is 79.0 Å². The number of ether oxygens (including phenoxy) is 1. The van der Waals surface area contributed by atoms with E-state index in [0.717, 1.165) is 0 Å². The number of likely N-dealkylation sites (tertiary alicyclic amines) is 1. The van der Waals surface area contributed by atoms with E-state index in [0.29, 0.717) is 11.3 Å². The normalized spacial score (nSPS) is 18.9. The number of benzene rings is 2. The number of carboxylic acid groups (broad SMARTS) is 1. The Balaban J connectivity index is 1.16. The number of nitrogens with zero attached hydrogens (tertiary/aromatic N) is 5. The largest absolute Gasteiger partial charge is 0.465 e. The summed E-state index contributed by atoms with van der Waals surface area (Å²) < 4.78 is 49.7. The van der Waals surface area contributed by atoms with E-state index >= 15 is 0 Å². The number of piperidine rings is 1. The van der Waals surface area contributed by atoms with Gasteiger partial charge in [-0.25, -0.2) is 9.78 Å². The average Bonchev–Trinajstić information content (AvgIpc) is 3.41. The lowest BCUT2D eigenvalue weighted by Gasteiger charge is -2.39. The lowest BCUT2D eigenvalue weighted by Crippen LogP contribution is -2.50. The molecule has 2 amide bonds. The summed E-state index contributed by atoms with van der Waals surface area (Å²) >= 11 is 13.2. The molecule has 2 N–H and O–H groups in total. The predicted octanol–water partition coefficient (Wildman–Crippen LogP) is 5.64. The Morgan fingerprint density at radius 2 is 1.78 bits per heavy atom. The average molecular weight is 723 g/mol. The second-order valence-electron chi connectivity index (χ2n) is 12.3. The number of carbonyl (C=O) groups excluding carboxylic acids is 1. The molecular weight excluding hydrogens is 690 g/mol. The maximum atomic E-state index is 13.8. The molecular formula is C33H32Cl2F3N5O6. The molecule has 0 aliphatic carbocycles. The fourth-order valence-corrected chi connectivity index (χ4v) is 7.11. The van der Waals surface area contributed by atoms with E-state index in [2.05, 4.69) is 4.98 Å². The molecule has 2 atom stereocenters. The number of halogens is 5. The monoisotopic (exact) mass is 721 g/mol. The number of rotatable bonds is 7. The zero-order valence-corrected chi connectivity index (χ0v) is 27.5. The van der Waals surface area contributed by atoms with Gasteiger partial charge in [-0.2, -0.15) is 13.2 Å². The van der Waals surface area contributed by atoms with Gasteiger partial charge in [0.1, 0.15) is 11.5 Å². The first-order valence-corrected chi connectivity index (χ1v) is 16.3. The molecule has 0 saturated carbocycles. The summed E-state index contributed by atoms with van der Waals surface area (Å²) in [7, 11) is 0. The number of hydrogen-bond acceptors (Lipinski definition) is 6. The first-order chi connectivity index (χ1) is 23.3. The van der Waals surface area contributed by atoms with E-state index in [4.69, 9.17) is 27.9 Å². The van der Waals surface area contributed by atoms with Crippen LogP contribution in [0.5, 0.6) is 0 Å². The topological polar surface area (TPSA) is 130 Å². The Morgan fingerprint density at radius 1 is 1.06 bits per heavy atom. The van der Waals surface area contributed by atoms with Gasteiger partial charge < -0.3 is 19.8 Å². The zero-order valence-electron chi connectivity index (χ0n) is 25.9. The number of alkyl halides is 3. The van der Waals surface area contributed by atoms with Crippen molar-refractivity contribution in [2.75, 3.05) is 32.8 Å². The van der Waals surface area contributed by atoms with Crippen LogP contribution in [0.15, 0.2) is 65.7 Å². The third-order valence-electron chi connectivity index (χ3n) is 9.20. The Hall–Kier alpha value is -4.11. The number of carbonyl (C=O) groups is 2. The first-order valence-electron chi connectivity index (χ1n) is 15.5. The van der Waals surface area contributed by atoms with E-state index in [1.165, 1.54) is 55.6 Å². The number of fused-ring (bicyclic) bond motifs is 1. The van der Waals surface area contributed by atoms with E-state index in [9.17, 15) is 37.8 Å². The van der Waals surface area contributed by atoms with Crippen LogP contribution >= 0.6 is 23.2 Å². The van der Waals surface area contributed by atoms with Crippen molar-refractivity contribution in [3.05, 3.63) is 92.6 Å². The van der Waals surface area contributed by atoms with Gasteiger partial charge in [-0.3, -0.25) is 23.6 Å². The van der Waals surface area contributed by atoms with E-state index < -0.39 is 47.7 Å². The van der Waals surface area contributed by atoms with Crippen molar-refractivity contribution in [1.29, 1.82) is 0 Å². The van der Waals surface area contributed by atoms with Crippen molar-refractivity contribution in [3.8, 4) is 5.69 Å². The van der Waals surface area contributed by atoms with Gasteiger partial charge in [-0.05, 0) is 42.2 Å². The van der Waals surface area contributed by atoms with Crippen LogP contribution in [0.25, 0.3) is 16.7 Å². The Labute approximate surface area is 288 Å². The van der Waals surface area contributed by atoms with Gasteiger partial charge >= 0.3 is 12.3 Å². The van der Waals surface area contributed by atoms with Gasteiger partial charge in [0.2, 0.25) is 5.91 Å². The highest BCUT2D eigenvalue weighted by atomic mass is 35.5. The standard InChI is InChI=1S/C33H32Cl2F3N5O6/c34-25-14-21(6-7-22(25)26-17-49-13-12-42(26)31(46)47)43-27(35)15-23-29(43)39-19-41(30(23)45)18-32(48)8-10-40(11-9-32)28(44)16-24(33(36,37)38)20-4-2-1-3-5-20/h1-7,14-15,19,24,26,48H,8-13,16-18H2,(H,46,47)/t24-,26+/m1/s1. The lowest BCUT2D eigenvalue weighted by atomic mass is 9.89. The van der Waals surface area contributed by atoms with E-state index in [1.54, 1.807) is 24.3 Å². The van der Waals surface area contributed by atoms with Crippen LogP contribution in [-0.2, 0) is 16.1 Å². The molecule has 2 aliphatic heterocycles. The molecule has 11 nitrogen and oxygen atoms in total. The van der Waals surface area contributed by atoms with Gasteiger partial charge in [0.25, 0.3) is 5.56 Å². The SMILES string of the molecule is O=C(C[C@H](c1ccccc1)C(F)(F)F)N1CCC(O)(Cn2cnc3c(cc(Cl)n3-c3ccc([C@@H]4COCCN4C(=O)O)c(Cl)c3)c2=O)CC1. The summed E-state index contributed by atoms with van der Waals surface area (Å²) in [5.41, 5.74) is -0.627. The lowest BCUT2D eigenvalue weighted by molar-refractivity contribution is -0.162. The van der Waals surface area contributed by atoms with Gasteiger partial charge in [0.15, 0.2) is 5.65 Å². The highest BCUT2D eigenvalue weighted by Crippen LogP contribution is 2.38. The summed E-state index contributed by atoms with van der Waals surface area (Å²) in [6, 6.07) is 13.1. The zero-order chi connectivity index (χ0) is 35.1. The summed E-state index contributed by atoms with van der Waals surface area (Å²) in [4.78, 5) is 45.3. The molecule has 4 aromatic rings. The highest BCUT2D eigenvalue weighted by molar-refractivity contribution is 6.32. The third-order valence-corrected chi connectivity index (χ3v) is 9.81. The fourth-order valence-electron chi connectivity index (χ4n) is 6.52. The highest BCUT2D eigenvalue weighted by Gasteiger charge is 2.43. The van der Waals surface area contributed by atoms with Gasteiger partial charge in [-0.1, -0.05) is 59.6 Å². The fraction of sp³-hybridized carbons (Fsp3) is 0.394. The molecule has 16 heteroatoms. The molecule has 260 valence electrons. The van der Waals surface area contributed by atoms with Crippen molar-refractivity contribution in [2.45, 2.75) is 49.5 Å². The second kappa shape index (κ2) is 13.7. The minimum atomic E-state index is -4.60.